The monoisotopic (exact) mass is 522 g/mol. The Kier molecular flexibility index (Phi) is 8.22. The third-order valence-corrected chi connectivity index (χ3v) is 7.11. The number of anilines is 3. The van der Waals surface area contributed by atoms with Crippen LogP contribution in [-0.4, -0.2) is 41.7 Å². The number of nitrogen functional groups attached to an aromatic ring is 1. The van der Waals surface area contributed by atoms with Crippen LogP contribution in [0.1, 0.15) is 64.5 Å². The second-order valence-electron chi connectivity index (χ2n) is 9.76. The quantitative estimate of drug-likeness (QED) is 0.390. The molecule has 1 atom stereocenters. The van der Waals surface area contributed by atoms with Crippen LogP contribution in [0.15, 0.2) is 48.5 Å². The second-order valence-corrected chi connectivity index (χ2v) is 10.5. The van der Waals surface area contributed by atoms with Crippen molar-refractivity contribution in [2.45, 2.75) is 45.7 Å². The molecule has 0 saturated heterocycles. The Morgan fingerprint density at radius 1 is 1.03 bits per heavy atom. The molecule has 0 unspecified atom stereocenters. The van der Waals surface area contributed by atoms with Gasteiger partial charge in [0.25, 0.3) is 11.8 Å². The summed E-state index contributed by atoms with van der Waals surface area (Å²) in [4.78, 5) is 43.2. The number of nitrogens with zero attached hydrogens (tertiary/aromatic N) is 3. The Hall–Kier alpha value is -3.92. The number of aromatic nitrogens is 1. The zero-order valence-electron chi connectivity index (χ0n) is 22.0. The Morgan fingerprint density at radius 3 is 2.08 bits per heavy atom. The Morgan fingerprint density at radius 2 is 1.59 bits per heavy atom. The minimum absolute atomic E-state index is 0.0341. The van der Waals surface area contributed by atoms with Crippen molar-refractivity contribution in [3.63, 3.8) is 0 Å². The highest BCUT2D eigenvalue weighted by atomic mass is 32.1. The summed E-state index contributed by atoms with van der Waals surface area (Å²) in [5.74, 6) is -1.73. The van der Waals surface area contributed by atoms with Gasteiger partial charge in [-0.05, 0) is 68.6 Å². The molecular formula is C27H34N6O3S. The summed E-state index contributed by atoms with van der Waals surface area (Å²) in [5, 5.41) is 3.09. The van der Waals surface area contributed by atoms with Gasteiger partial charge in [0, 0.05) is 31.0 Å². The lowest BCUT2D eigenvalue weighted by Gasteiger charge is -2.34. The average molecular weight is 523 g/mol. The zero-order chi connectivity index (χ0) is 27.5. The molecule has 10 heteroatoms. The largest absolute Gasteiger partial charge is 0.395 e. The highest BCUT2D eigenvalue weighted by molar-refractivity contribution is 7.09. The number of rotatable bonds is 9. The standard InChI is InChI=1S/C27H34N6O3S/c1-7-27(3,4)30-25(35)22(17-10-14-18(15-11-17)32(5)6)33(19-12-8-16(2)9-13-19)26(36)23-20(28)21(24(29)34)31-37-23/h8-15,22H,7,28H2,1-6H3,(H2,29,34)(H,30,35)/t22-/m0/s1. The molecule has 0 aliphatic rings. The van der Waals surface area contributed by atoms with Crippen LogP contribution in [0, 0.1) is 6.92 Å². The van der Waals surface area contributed by atoms with Crippen molar-refractivity contribution in [2.24, 2.45) is 5.73 Å². The maximum absolute atomic E-state index is 14.1. The normalized spacial score (nSPS) is 12.1. The number of carbonyl (C=O) groups is 3. The van der Waals surface area contributed by atoms with Gasteiger partial charge in [-0.1, -0.05) is 36.8 Å². The first-order valence-electron chi connectivity index (χ1n) is 11.9. The fourth-order valence-electron chi connectivity index (χ4n) is 3.69. The van der Waals surface area contributed by atoms with Gasteiger partial charge in [-0.15, -0.1) is 0 Å². The van der Waals surface area contributed by atoms with Crippen molar-refractivity contribution in [1.29, 1.82) is 0 Å². The predicted molar refractivity (Wildman–Crippen MR) is 149 cm³/mol. The van der Waals surface area contributed by atoms with Crippen molar-refractivity contribution in [1.82, 2.24) is 9.69 Å². The Balaban J connectivity index is 2.23. The minimum Gasteiger partial charge on any atom is -0.395 e. The highest BCUT2D eigenvalue weighted by Crippen LogP contribution is 2.34. The van der Waals surface area contributed by atoms with Crippen LogP contribution in [0.4, 0.5) is 17.1 Å². The molecule has 0 aliphatic heterocycles. The third-order valence-electron chi connectivity index (χ3n) is 6.26. The summed E-state index contributed by atoms with van der Waals surface area (Å²) in [5.41, 5.74) is 13.8. The van der Waals surface area contributed by atoms with E-state index in [4.69, 9.17) is 11.5 Å². The number of amides is 3. The average Bonchev–Trinajstić information content (AvgIpc) is 3.24. The fourth-order valence-corrected chi connectivity index (χ4v) is 4.43. The summed E-state index contributed by atoms with van der Waals surface area (Å²) < 4.78 is 4.00. The molecule has 0 radical (unpaired) electrons. The second kappa shape index (κ2) is 11.0. The number of nitrogens with one attached hydrogen (secondary N) is 1. The van der Waals surface area contributed by atoms with E-state index in [2.05, 4.69) is 9.69 Å². The summed E-state index contributed by atoms with van der Waals surface area (Å²) >= 11 is 0.782. The topological polar surface area (TPSA) is 135 Å². The maximum Gasteiger partial charge on any atom is 0.273 e. The number of carbonyl (C=O) groups excluding carboxylic acids is 3. The first-order chi connectivity index (χ1) is 17.4. The van der Waals surface area contributed by atoms with Gasteiger partial charge in [0.15, 0.2) is 5.69 Å². The highest BCUT2D eigenvalue weighted by Gasteiger charge is 2.37. The smallest absolute Gasteiger partial charge is 0.273 e. The van der Waals surface area contributed by atoms with Gasteiger partial charge in [-0.3, -0.25) is 19.3 Å². The molecule has 1 heterocycles. The van der Waals surface area contributed by atoms with E-state index in [1.165, 1.54) is 4.90 Å². The van der Waals surface area contributed by atoms with Crippen molar-refractivity contribution in [3.8, 4) is 0 Å². The van der Waals surface area contributed by atoms with Gasteiger partial charge in [0.2, 0.25) is 5.91 Å². The molecule has 0 bridgehead atoms. The summed E-state index contributed by atoms with van der Waals surface area (Å²) in [7, 11) is 3.85. The van der Waals surface area contributed by atoms with Crippen molar-refractivity contribution in [2.75, 3.05) is 29.6 Å². The van der Waals surface area contributed by atoms with Gasteiger partial charge in [0.05, 0.1) is 5.69 Å². The molecule has 0 saturated carbocycles. The van der Waals surface area contributed by atoms with E-state index in [1.807, 2.05) is 83.1 Å². The molecular weight excluding hydrogens is 488 g/mol. The van der Waals surface area contributed by atoms with E-state index < -0.39 is 23.4 Å². The van der Waals surface area contributed by atoms with E-state index in [0.29, 0.717) is 17.7 Å². The molecule has 3 rings (SSSR count). The van der Waals surface area contributed by atoms with E-state index >= 15 is 0 Å². The van der Waals surface area contributed by atoms with Crippen LogP contribution >= 0.6 is 11.5 Å². The Labute approximate surface area is 221 Å². The predicted octanol–water partition coefficient (Wildman–Crippen LogP) is 3.89. The lowest BCUT2D eigenvalue weighted by molar-refractivity contribution is -0.124. The first-order valence-corrected chi connectivity index (χ1v) is 12.7. The summed E-state index contributed by atoms with van der Waals surface area (Å²) in [6.45, 7) is 7.77. The van der Waals surface area contributed by atoms with Gasteiger partial charge >= 0.3 is 0 Å². The zero-order valence-corrected chi connectivity index (χ0v) is 22.8. The molecule has 3 amide bonds. The number of hydrogen-bond donors (Lipinski definition) is 3. The third kappa shape index (κ3) is 6.08. The molecule has 0 spiro atoms. The van der Waals surface area contributed by atoms with Crippen LogP contribution in [0.2, 0.25) is 0 Å². The number of primary amides is 1. The van der Waals surface area contributed by atoms with E-state index in [9.17, 15) is 14.4 Å². The van der Waals surface area contributed by atoms with Crippen molar-refractivity contribution in [3.05, 3.63) is 70.2 Å². The molecule has 1 aromatic heterocycles. The summed E-state index contributed by atoms with van der Waals surface area (Å²) in [6.07, 6.45) is 0.688. The molecule has 2 aromatic carbocycles. The van der Waals surface area contributed by atoms with Gasteiger partial charge < -0.3 is 21.7 Å². The molecule has 3 aromatic rings. The lowest BCUT2D eigenvalue weighted by atomic mass is 9.97. The van der Waals surface area contributed by atoms with Crippen LogP contribution in [0.3, 0.4) is 0 Å². The van der Waals surface area contributed by atoms with Gasteiger partial charge in [0.1, 0.15) is 10.9 Å². The summed E-state index contributed by atoms with van der Waals surface area (Å²) in [6, 6.07) is 13.7. The van der Waals surface area contributed by atoms with Crippen molar-refractivity contribution >= 4 is 46.3 Å². The molecule has 0 fully saturated rings. The molecule has 37 heavy (non-hydrogen) atoms. The van der Waals surface area contributed by atoms with Gasteiger partial charge in [-0.25, -0.2) is 0 Å². The van der Waals surface area contributed by atoms with Crippen LogP contribution < -0.4 is 26.6 Å². The molecule has 0 aliphatic carbocycles. The SMILES string of the molecule is CCC(C)(C)NC(=O)[C@H](c1ccc(N(C)C)cc1)N(C(=O)c1snc(C(N)=O)c1N)c1ccc(C)cc1. The molecule has 5 N–H and O–H groups in total. The number of benzene rings is 2. The first kappa shape index (κ1) is 27.7. The van der Waals surface area contributed by atoms with E-state index in [-0.39, 0.29) is 22.2 Å². The lowest BCUT2D eigenvalue weighted by Crippen LogP contribution is -2.50. The molecule has 196 valence electrons. The number of hydrogen-bond acceptors (Lipinski definition) is 7. The number of nitrogens with two attached hydrogens (primary N) is 2. The fraction of sp³-hybridized carbons (Fsp3) is 0.333. The van der Waals surface area contributed by atoms with Crippen LogP contribution in [0.25, 0.3) is 0 Å². The van der Waals surface area contributed by atoms with Gasteiger partial charge in [-0.2, -0.15) is 4.37 Å². The van der Waals surface area contributed by atoms with Crippen LogP contribution in [0.5, 0.6) is 0 Å². The molecule has 9 nitrogen and oxygen atoms in total. The van der Waals surface area contributed by atoms with Crippen LogP contribution in [-0.2, 0) is 4.79 Å². The van der Waals surface area contributed by atoms with E-state index in [0.717, 1.165) is 22.8 Å². The Bertz CT molecular complexity index is 1280. The maximum atomic E-state index is 14.1. The number of aryl methyl sites for hydroxylation is 1. The van der Waals surface area contributed by atoms with E-state index in [1.54, 1.807) is 12.1 Å². The minimum atomic E-state index is -1.03. The van der Waals surface area contributed by atoms with Crippen molar-refractivity contribution < 1.29 is 14.4 Å².